The van der Waals surface area contributed by atoms with Gasteiger partial charge in [0.2, 0.25) is 0 Å². The first-order chi connectivity index (χ1) is 13.5. The fraction of sp³-hybridized carbons (Fsp3) is 0.500. The summed E-state index contributed by atoms with van der Waals surface area (Å²) in [5.74, 6) is 0.423. The van der Waals surface area contributed by atoms with E-state index in [2.05, 4.69) is 81.4 Å². The second kappa shape index (κ2) is 7.75. The average molecular weight is 397 g/mol. The molecule has 150 valence electrons. The Kier molecular flexibility index (Phi) is 5.49. The first-order valence-electron chi connectivity index (χ1n) is 10.4. The summed E-state index contributed by atoms with van der Waals surface area (Å²) in [6, 6.07) is 21.8. The normalized spacial score (nSPS) is 27.7. The number of hydrogen-bond donors (Lipinski definition) is 0. The van der Waals surface area contributed by atoms with Gasteiger partial charge in [0, 0.05) is 19.4 Å². The highest BCUT2D eigenvalue weighted by atomic mass is 28.4. The highest BCUT2D eigenvalue weighted by Crippen LogP contribution is 2.45. The van der Waals surface area contributed by atoms with Crippen LogP contribution in [0, 0.1) is 5.92 Å². The van der Waals surface area contributed by atoms with Crippen molar-refractivity contribution < 1.29 is 13.9 Å². The Labute approximate surface area is 170 Å². The zero-order valence-corrected chi connectivity index (χ0v) is 18.4. The molecule has 1 heterocycles. The highest BCUT2D eigenvalue weighted by Gasteiger charge is 2.55. The molecule has 2 aliphatic rings. The molecule has 1 unspecified atom stereocenters. The summed E-state index contributed by atoms with van der Waals surface area (Å²) in [5, 5.41) is 2.70. The van der Waals surface area contributed by atoms with E-state index in [1.54, 1.807) is 7.11 Å². The van der Waals surface area contributed by atoms with Gasteiger partial charge in [0.15, 0.2) is 6.29 Å². The van der Waals surface area contributed by atoms with E-state index in [-0.39, 0.29) is 23.5 Å². The number of benzene rings is 2. The van der Waals surface area contributed by atoms with Crippen molar-refractivity contribution in [1.29, 1.82) is 0 Å². The lowest BCUT2D eigenvalue weighted by Gasteiger charge is -2.45. The predicted octanol–water partition coefficient (Wildman–Crippen LogP) is 4.10. The standard InChI is InChI=1S/C24H32O3Si/c1-24(2,3)28(18-11-7-5-8-12-18,19-13-9-6-10-14-19)27-22-16-15-21-20(22)17-23(25-4)26-21/h5-14,20-23H,15-17H2,1-4H3/t20-,21+,22-,23?/m1/s1. The summed E-state index contributed by atoms with van der Waals surface area (Å²) in [5.41, 5.74) is 0. The van der Waals surface area contributed by atoms with Crippen molar-refractivity contribution in [1.82, 2.24) is 0 Å². The summed E-state index contributed by atoms with van der Waals surface area (Å²) in [4.78, 5) is 0. The van der Waals surface area contributed by atoms with Gasteiger partial charge in [-0.25, -0.2) is 0 Å². The quantitative estimate of drug-likeness (QED) is 0.712. The van der Waals surface area contributed by atoms with Crippen molar-refractivity contribution in [2.24, 2.45) is 5.92 Å². The Morgan fingerprint density at radius 3 is 1.96 bits per heavy atom. The van der Waals surface area contributed by atoms with Crippen molar-refractivity contribution in [3.05, 3.63) is 60.7 Å². The maximum absolute atomic E-state index is 7.35. The molecule has 1 aliphatic heterocycles. The predicted molar refractivity (Wildman–Crippen MR) is 116 cm³/mol. The Morgan fingerprint density at radius 2 is 1.46 bits per heavy atom. The van der Waals surface area contributed by atoms with Gasteiger partial charge in [-0.15, -0.1) is 0 Å². The monoisotopic (exact) mass is 396 g/mol. The van der Waals surface area contributed by atoms with Crippen LogP contribution in [-0.2, 0) is 13.9 Å². The minimum atomic E-state index is -2.50. The van der Waals surface area contributed by atoms with E-state index in [1.165, 1.54) is 10.4 Å². The number of rotatable bonds is 5. The first-order valence-corrected chi connectivity index (χ1v) is 12.3. The number of ether oxygens (including phenoxy) is 2. The number of methoxy groups -OCH3 is 1. The zero-order chi connectivity index (χ0) is 19.8. The van der Waals surface area contributed by atoms with Crippen LogP contribution in [0.3, 0.4) is 0 Å². The second-order valence-electron chi connectivity index (χ2n) is 9.14. The van der Waals surface area contributed by atoms with E-state index >= 15 is 0 Å². The van der Waals surface area contributed by atoms with Gasteiger partial charge < -0.3 is 13.9 Å². The fourth-order valence-corrected chi connectivity index (χ4v) is 9.92. The lowest BCUT2D eigenvalue weighted by Crippen LogP contribution is -2.68. The van der Waals surface area contributed by atoms with Crippen LogP contribution in [0.1, 0.15) is 40.0 Å². The Hall–Kier alpha value is -1.46. The van der Waals surface area contributed by atoms with E-state index in [1.807, 2.05) is 0 Å². The first kappa shape index (κ1) is 19.8. The van der Waals surface area contributed by atoms with E-state index in [9.17, 15) is 0 Å². The summed E-state index contributed by atoms with van der Waals surface area (Å²) in [6.07, 6.45) is 3.47. The maximum Gasteiger partial charge on any atom is 0.261 e. The molecule has 28 heavy (non-hydrogen) atoms. The summed E-state index contributed by atoms with van der Waals surface area (Å²) in [7, 11) is -0.763. The van der Waals surface area contributed by atoms with Crippen LogP contribution in [-0.4, -0.2) is 33.9 Å². The SMILES string of the molecule is COC1C[C@@H]2[C@H](CC[C@H]2O[Si](c2ccccc2)(c2ccccc2)C(C)(C)C)O1. The van der Waals surface area contributed by atoms with Crippen LogP contribution in [0.5, 0.6) is 0 Å². The molecule has 4 heteroatoms. The molecular formula is C24H32O3Si. The molecule has 0 spiro atoms. The molecule has 4 atom stereocenters. The Bertz CT molecular complexity index is 732. The molecule has 0 N–H and O–H groups in total. The maximum atomic E-state index is 7.35. The smallest absolute Gasteiger partial charge is 0.261 e. The van der Waals surface area contributed by atoms with E-state index in [0.29, 0.717) is 5.92 Å². The third-order valence-electron chi connectivity index (χ3n) is 6.49. The Balaban J connectivity index is 1.78. The minimum Gasteiger partial charge on any atom is -0.404 e. The van der Waals surface area contributed by atoms with Crippen molar-refractivity contribution in [3.63, 3.8) is 0 Å². The van der Waals surface area contributed by atoms with E-state index in [4.69, 9.17) is 13.9 Å². The molecule has 1 aliphatic carbocycles. The van der Waals surface area contributed by atoms with Gasteiger partial charge in [0.25, 0.3) is 8.32 Å². The third kappa shape index (κ3) is 3.37. The van der Waals surface area contributed by atoms with Crippen LogP contribution in [0.15, 0.2) is 60.7 Å². The highest BCUT2D eigenvalue weighted by molar-refractivity contribution is 6.99. The Morgan fingerprint density at radius 1 is 0.893 bits per heavy atom. The van der Waals surface area contributed by atoms with Crippen LogP contribution < -0.4 is 10.4 Å². The van der Waals surface area contributed by atoms with Crippen molar-refractivity contribution in [3.8, 4) is 0 Å². The van der Waals surface area contributed by atoms with Gasteiger partial charge in [-0.2, -0.15) is 0 Å². The van der Waals surface area contributed by atoms with Gasteiger partial charge >= 0.3 is 0 Å². The lowest BCUT2D eigenvalue weighted by molar-refractivity contribution is -0.114. The molecule has 1 saturated heterocycles. The minimum absolute atomic E-state index is 0.00785. The molecule has 0 bridgehead atoms. The summed E-state index contributed by atoms with van der Waals surface area (Å²) < 4.78 is 18.9. The fourth-order valence-electron chi connectivity index (χ4n) is 5.16. The van der Waals surface area contributed by atoms with Crippen LogP contribution in [0.2, 0.25) is 5.04 Å². The molecule has 4 rings (SSSR count). The summed E-state index contributed by atoms with van der Waals surface area (Å²) >= 11 is 0. The van der Waals surface area contributed by atoms with Gasteiger partial charge in [0.1, 0.15) is 0 Å². The van der Waals surface area contributed by atoms with E-state index < -0.39 is 8.32 Å². The summed E-state index contributed by atoms with van der Waals surface area (Å²) in [6.45, 7) is 7.03. The van der Waals surface area contributed by atoms with E-state index in [0.717, 1.165) is 19.3 Å². The van der Waals surface area contributed by atoms with Crippen LogP contribution in [0.4, 0.5) is 0 Å². The number of hydrogen-bond acceptors (Lipinski definition) is 3. The average Bonchev–Trinajstić information content (AvgIpc) is 3.27. The van der Waals surface area contributed by atoms with Gasteiger partial charge in [0.05, 0.1) is 12.2 Å². The molecule has 2 aromatic carbocycles. The zero-order valence-electron chi connectivity index (χ0n) is 17.4. The second-order valence-corrected chi connectivity index (χ2v) is 13.4. The molecule has 0 aromatic heterocycles. The van der Waals surface area contributed by atoms with Crippen molar-refractivity contribution >= 4 is 18.7 Å². The van der Waals surface area contributed by atoms with Crippen molar-refractivity contribution in [2.75, 3.05) is 7.11 Å². The van der Waals surface area contributed by atoms with Crippen LogP contribution in [0.25, 0.3) is 0 Å². The number of fused-ring (bicyclic) bond motifs is 1. The molecule has 2 aromatic rings. The molecule has 2 fully saturated rings. The molecule has 0 amide bonds. The van der Waals surface area contributed by atoms with Gasteiger partial charge in [-0.3, -0.25) is 0 Å². The molecule has 0 radical (unpaired) electrons. The molecule has 3 nitrogen and oxygen atoms in total. The molecular weight excluding hydrogens is 364 g/mol. The topological polar surface area (TPSA) is 27.7 Å². The lowest BCUT2D eigenvalue weighted by atomic mass is 10.0. The van der Waals surface area contributed by atoms with Gasteiger partial charge in [-0.05, 0) is 28.3 Å². The third-order valence-corrected chi connectivity index (χ3v) is 11.6. The van der Waals surface area contributed by atoms with Crippen LogP contribution >= 0.6 is 0 Å². The van der Waals surface area contributed by atoms with Gasteiger partial charge in [-0.1, -0.05) is 81.4 Å². The van der Waals surface area contributed by atoms with Crippen molar-refractivity contribution in [2.45, 2.75) is 63.6 Å². The largest absolute Gasteiger partial charge is 0.404 e. The molecule has 1 saturated carbocycles.